The average molecular weight is 340 g/mol. The van der Waals surface area contributed by atoms with Gasteiger partial charge in [0.2, 0.25) is 11.8 Å². The predicted molar refractivity (Wildman–Crippen MR) is 92.5 cm³/mol. The van der Waals surface area contributed by atoms with Gasteiger partial charge in [0, 0.05) is 48.1 Å². The number of benzene rings is 1. The highest BCUT2D eigenvalue weighted by Crippen LogP contribution is 2.19. The summed E-state index contributed by atoms with van der Waals surface area (Å²) in [5.74, 6) is -0.760. The van der Waals surface area contributed by atoms with Crippen LogP contribution in [0.1, 0.15) is 12.0 Å². The largest absolute Gasteiger partial charge is 0.361 e. The van der Waals surface area contributed by atoms with E-state index in [0.717, 1.165) is 5.52 Å². The number of hydrogen-bond acceptors (Lipinski definition) is 3. The summed E-state index contributed by atoms with van der Waals surface area (Å²) in [5.41, 5.74) is 2.15. The zero-order valence-electron chi connectivity index (χ0n) is 13.4. The van der Waals surface area contributed by atoms with Crippen LogP contribution in [0, 0.1) is 5.82 Å². The average Bonchev–Trinajstić information content (AvgIpc) is 2.98. The van der Waals surface area contributed by atoms with Gasteiger partial charge in [-0.25, -0.2) is 4.39 Å². The molecule has 0 saturated heterocycles. The normalized spacial score (nSPS) is 10.6. The Morgan fingerprint density at radius 1 is 1.12 bits per heavy atom. The molecule has 0 bridgehead atoms. The topological polar surface area (TPSA) is 86.9 Å². The molecule has 0 spiro atoms. The first-order chi connectivity index (χ1) is 12.1. The molecule has 3 aromatic rings. The van der Waals surface area contributed by atoms with Gasteiger partial charge in [-0.1, -0.05) is 0 Å². The molecule has 3 rings (SSSR count). The summed E-state index contributed by atoms with van der Waals surface area (Å²) >= 11 is 0. The summed E-state index contributed by atoms with van der Waals surface area (Å²) in [5, 5.41) is 6.10. The number of H-pyrrole nitrogens is 1. The molecular formula is C18H17FN4O2. The first-order valence-electron chi connectivity index (χ1n) is 7.84. The highest BCUT2D eigenvalue weighted by molar-refractivity contribution is 5.91. The monoisotopic (exact) mass is 340 g/mol. The molecule has 1 aromatic carbocycles. The molecule has 0 saturated carbocycles. The van der Waals surface area contributed by atoms with Crippen molar-refractivity contribution in [2.24, 2.45) is 0 Å². The first-order valence-corrected chi connectivity index (χ1v) is 7.84. The number of hydrogen-bond donors (Lipinski definition) is 3. The third-order valence-corrected chi connectivity index (χ3v) is 3.72. The Bertz CT molecular complexity index is 892. The van der Waals surface area contributed by atoms with Crippen molar-refractivity contribution in [3.8, 4) is 0 Å². The number of halogens is 1. The van der Waals surface area contributed by atoms with Crippen LogP contribution in [-0.2, 0) is 16.0 Å². The standard InChI is InChI=1S/C18H17FN4O2/c19-13-1-2-16-15(10-13)12(11-22-16)9-18(25)21-8-5-17(24)23-14-3-6-20-7-4-14/h1-4,6-7,10-11,22H,5,8-9H2,(H,21,25)(H,20,23,24). The van der Waals surface area contributed by atoms with Gasteiger partial charge in [0.05, 0.1) is 6.42 Å². The summed E-state index contributed by atoms with van der Waals surface area (Å²) in [6.45, 7) is 0.229. The molecule has 25 heavy (non-hydrogen) atoms. The van der Waals surface area contributed by atoms with E-state index >= 15 is 0 Å². The lowest BCUT2D eigenvalue weighted by atomic mass is 10.1. The van der Waals surface area contributed by atoms with E-state index in [1.165, 1.54) is 12.1 Å². The summed E-state index contributed by atoms with van der Waals surface area (Å²) in [4.78, 5) is 30.7. The lowest BCUT2D eigenvalue weighted by Gasteiger charge is -2.06. The van der Waals surface area contributed by atoms with E-state index in [2.05, 4.69) is 20.6 Å². The molecule has 0 aliphatic rings. The fourth-order valence-electron chi connectivity index (χ4n) is 2.51. The van der Waals surface area contributed by atoms with Crippen molar-refractivity contribution in [3.63, 3.8) is 0 Å². The maximum atomic E-state index is 13.3. The Labute approximate surface area is 143 Å². The van der Waals surface area contributed by atoms with Crippen molar-refractivity contribution in [2.75, 3.05) is 11.9 Å². The fraction of sp³-hybridized carbons (Fsp3) is 0.167. The second kappa shape index (κ2) is 7.57. The predicted octanol–water partition coefficient (Wildman–Crippen LogP) is 2.39. The number of carbonyl (C=O) groups is 2. The van der Waals surface area contributed by atoms with Gasteiger partial charge in [0.15, 0.2) is 0 Å². The van der Waals surface area contributed by atoms with E-state index in [4.69, 9.17) is 0 Å². The Kier molecular flexibility index (Phi) is 5.03. The molecule has 2 heterocycles. The minimum atomic E-state index is -0.346. The summed E-state index contributed by atoms with van der Waals surface area (Å²) in [7, 11) is 0. The van der Waals surface area contributed by atoms with Crippen LogP contribution in [0.3, 0.4) is 0 Å². The Hall–Kier alpha value is -3.22. The zero-order valence-corrected chi connectivity index (χ0v) is 13.4. The lowest BCUT2D eigenvalue weighted by Crippen LogP contribution is -2.28. The van der Waals surface area contributed by atoms with Gasteiger partial charge in [0.1, 0.15) is 5.82 Å². The molecule has 0 aliphatic heterocycles. The Morgan fingerprint density at radius 3 is 2.72 bits per heavy atom. The minimum Gasteiger partial charge on any atom is -0.361 e. The third kappa shape index (κ3) is 4.41. The molecule has 0 fully saturated rings. The third-order valence-electron chi connectivity index (χ3n) is 3.72. The minimum absolute atomic E-state index is 0.120. The van der Waals surface area contributed by atoms with E-state index in [1.807, 2.05) is 0 Å². The maximum Gasteiger partial charge on any atom is 0.226 e. The van der Waals surface area contributed by atoms with Gasteiger partial charge < -0.3 is 15.6 Å². The highest BCUT2D eigenvalue weighted by atomic mass is 19.1. The molecule has 6 nitrogen and oxygen atoms in total. The molecule has 0 unspecified atom stereocenters. The van der Waals surface area contributed by atoms with E-state index < -0.39 is 0 Å². The quantitative estimate of drug-likeness (QED) is 0.644. The van der Waals surface area contributed by atoms with Gasteiger partial charge >= 0.3 is 0 Å². The van der Waals surface area contributed by atoms with Gasteiger partial charge in [-0.05, 0) is 35.9 Å². The molecule has 0 atom stereocenters. The van der Waals surface area contributed by atoms with Gasteiger partial charge in [-0.3, -0.25) is 14.6 Å². The Morgan fingerprint density at radius 2 is 1.92 bits per heavy atom. The SMILES string of the molecule is O=C(Cc1c[nH]c2ccc(F)cc12)NCCC(=O)Nc1ccncc1. The molecule has 128 valence electrons. The number of pyridine rings is 1. The highest BCUT2D eigenvalue weighted by Gasteiger charge is 2.10. The maximum absolute atomic E-state index is 13.3. The van der Waals surface area contributed by atoms with Crippen molar-refractivity contribution >= 4 is 28.4 Å². The second-order valence-electron chi connectivity index (χ2n) is 5.56. The molecule has 2 aromatic heterocycles. The number of aromatic nitrogens is 2. The summed E-state index contributed by atoms with van der Waals surface area (Å²) < 4.78 is 13.3. The van der Waals surface area contributed by atoms with Gasteiger partial charge in [-0.2, -0.15) is 0 Å². The number of carbonyl (C=O) groups excluding carboxylic acids is 2. The van der Waals surface area contributed by atoms with Gasteiger partial charge in [0.25, 0.3) is 0 Å². The summed E-state index contributed by atoms with van der Waals surface area (Å²) in [6.07, 6.45) is 5.15. The van der Waals surface area contributed by atoms with Crippen LogP contribution in [-0.4, -0.2) is 28.3 Å². The zero-order chi connectivity index (χ0) is 17.6. The number of amides is 2. The molecule has 0 radical (unpaired) electrons. The van der Waals surface area contributed by atoms with Crippen LogP contribution < -0.4 is 10.6 Å². The number of nitrogens with zero attached hydrogens (tertiary/aromatic N) is 1. The number of nitrogens with one attached hydrogen (secondary N) is 3. The molecule has 2 amide bonds. The number of rotatable bonds is 6. The van der Waals surface area contributed by atoms with Gasteiger partial charge in [-0.15, -0.1) is 0 Å². The lowest BCUT2D eigenvalue weighted by molar-refractivity contribution is -0.120. The van der Waals surface area contributed by atoms with E-state index in [1.54, 1.807) is 36.8 Å². The molecule has 0 aliphatic carbocycles. The van der Waals surface area contributed by atoms with Crippen molar-refractivity contribution < 1.29 is 14.0 Å². The smallest absolute Gasteiger partial charge is 0.226 e. The molecule has 7 heteroatoms. The molecular weight excluding hydrogens is 323 g/mol. The van der Waals surface area contributed by atoms with Crippen LogP contribution in [0.5, 0.6) is 0 Å². The molecule has 3 N–H and O–H groups in total. The summed E-state index contributed by atoms with van der Waals surface area (Å²) in [6, 6.07) is 7.77. The fourth-order valence-corrected chi connectivity index (χ4v) is 2.51. The van der Waals surface area contributed by atoms with Crippen molar-refractivity contribution in [3.05, 3.63) is 60.3 Å². The second-order valence-corrected chi connectivity index (χ2v) is 5.56. The number of fused-ring (bicyclic) bond motifs is 1. The van der Waals surface area contributed by atoms with Crippen LogP contribution in [0.15, 0.2) is 48.9 Å². The number of aromatic amines is 1. The van der Waals surface area contributed by atoms with Crippen molar-refractivity contribution in [1.29, 1.82) is 0 Å². The van der Waals surface area contributed by atoms with Crippen LogP contribution in [0.2, 0.25) is 0 Å². The van der Waals surface area contributed by atoms with Crippen LogP contribution in [0.4, 0.5) is 10.1 Å². The van der Waals surface area contributed by atoms with E-state index in [9.17, 15) is 14.0 Å². The number of anilines is 1. The van der Waals surface area contributed by atoms with E-state index in [-0.39, 0.29) is 37.0 Å². The van der Waals surface area contributed by atoms with Crippen molar-refractivity contribution in [1.82, 2.24) is 15.3 Å². The first kappa shape index (κ1) is 16.6. The Balaban J connectivity index is 1.48. The van der Waals surface area contributed by atoms with Crippen LogP contribution >= 0.6 is 0 Å². The van der Waals surface area contributed by atoms with E-state index in [0.29, 0.717) is 16.6 Å². The van der Waals surface area contributed by atoms with Crippen molar-refractivity contribution in [2.45, 2.75) is 12.8 Å². The van der Waals surface area contributed by atoms with Crippen LogP contribution in [0.25, 0.3) is 10.9 Å².